The maximum Gasteiger partial charge on any atom is 0.0784 e. The van der Waals surface area contributed by atoms with Crippen LogP contribution >= 0.6 is 12.2 Å². The van der Waals surface area contributed by atoms with Gasteiger partial charge < -0.3 is 10.6 Å². The predicted molar refractivity (Wildman–Crippen MR) is 105 cm³/mol. The van der Waals surface area contributed by atoms with Crippen LogP contribution in [0.3, 0.4) is 0 Å². The van der Waals surface area contributed by atoms with Gasteiger partial charge in [-0.3, -0.25) is 0 Å². The monoisotopic (exact) mass is 334 g/mol. The van der Waals surface area contributed by atoms with Gasteiger partial charge in [-0.2, -0.15) is 0 Å². The zero-order chi connectivity index (χ0) is 17.4. The minimum atomic E-state index is -0.225. The molecule has 4 unspecified atom stereocenters. The first-order valence-corrected chi connectivity index (χ1v) is 9.88. The number of likely N-dealkylation sites (tertiary alicyclic amines) is 1. The fourth-order valence-electron chi connectivity index (χ4n) is 4.99. The van der Waals surface area contributed by atoms with E-state index < -0.39 is 0 Å². The smallest absolute Gasteiger partial charge is 0.0784 e. The Bertz CT molecular complexity index is 435. The van der Waals surface area contributed by atoms with Crippen molar-refractivity contribution in [2.75, 3.05) is 0 Å². The van der Waals surface area contributed by atoms with Gasteiger partial charge in [-0.25, -0.2) is 0 Å². The third-order valence-electron chi connectivity index (χ3n) is 6.43. The van der Waals surface area contributed by atoms with Crippen molar-refractivity contribution in [1.29, 1.82) is 0 Å². The van der Waals surface area contributed by atoms with Gasteiger partial charge in [0.15, 0.2) is 0 Å². The van der Waals surface area contributed by atoms with Crippen LogP contribution in [0.15, 0.2) is 0 Å². The number of piperidine rings is 1. The first-order valence-electron chi connectivity index (χ1n) is 9.47. The Hall–Kier alpha value is -0.0851. The van der Waals surface area contributed by atoms with E-state index in [1.54, 1.807) is 0 Å². The summed E-state index contributed by atoms with van der Waals surface area (Å²) in [6, 6.07) is 0.945. The van der Waals surface area contributed by atoms with Crippen LogP contribution < -0.4 is 5.73 Å². The molecule has 0 bridgehead atoms. The van der Waals surface area contributed by atoms with E-state index in [0.717, 1.165) is 30.7 Å². The second-order valence-corrected chi connectivity index (χ2v) is 9.39. The lowest BCUT2D eigenvalue weighted by molar-refractivity contribution is 0.0878. The highest BCUT2D eigenvalue weighted by Gasteiger charge is 2.46. The molecule has 1 aliphatic carbocycles. The molecule has 4 atom stereocenters. The molecule has 0 amide bonds. The Labute approximate surface area is 150 Å². The molecule has 2 radical (unpaired) electrons. The molecular formula is C19H35BN2S. The van der Waals surface area contributed by atoms with Crippen molar-refractivity contribution in [3.63, 3.8) is 0 Å². The first-order chi connectivity index (χ1) is 10.6. The lowest BCUT2D eigenvalue weighted by atomic mass is 9.53. The molecule has 1 aliphatic heterocycles. The molecule has 2 N–H and O–H groups in total. The van der Waals surface area contributed by atoms with Gasteiger partial charge in [0.2, 0.25) is 0 Å². The van der Waals surface area contributed by atoms with E-state index in [1.807, 2.05) is 0 Å². The Morgan fingerprint density at radius 3 is 2.43 bits per heavy atom. The van der Waals surface area contributed by atoms with E-state index in [2.05, 4.69) is 39.5 Å². The van der Waals surface area contributed by atoms with Crippen molar-refractivity contribution in [2.45, 2.75) is 103 Å². The largest absolute Gasteiger partial charge is 0.360 e. The third kappa shape index (κ3) is 3.95. The molecule has 23 heavy (non-hydrogen) atoms. The van der Waals surface area contributed by atoms with Gasteiger partial charge in [-0.05, 0) is 58.3 Å². The van der Waals surface area contributed by atoms with E-state index in [4.69, 9.17) is 25.8 Å². The topological polar surface area (TPSA) is 29.3 Å². The summed E-state index contributed by atoms with van der Waals surface area (Å²) in [5.74, 6) is 0.948. The van der Waals surface area contributed by atoms with Crippen molar-refractivity contribution in [3.8, 4) is 0 Å². The maximum atomic E-state index is 6.94. The molecule has 4 heteroatoms. The van der Waals surface area contributed by atoms with Crippen LogP contribution in [0, 0.1) is 11.8 Å². The Morgan fingerprint density at radius 1 is 1.22 bits per heavy atom. The van der Waals surface area contributed by atoms with Crippen LogP contribution in [0.4, 0.5) is 0 Å². The highest BCUT2D eigenvalue weighted by atomic mass is 32.1. The van der Waals surface area contributed by atoms with Gasteiger partial charge in [0, 0.05) is 17.6 Å². The molecule has 1 saturated heterocycles. The molecule has 0 aromatic carbocycles. The number of hydrogen-bond acceptors (Lipinski definition) is 2. The van der Waals surface area contributed by atoms with Crippen LogP contribution in [-0.2, 0) is 0 Å². The van der Waals surface area contributed by atoms with Gasteiger partial charge in [0.25, 0.3) is 0 Å². The molecule has 0 aromatic heterocycles. The quantitative estimate of drug-likeness (QED) is 0.597. The zero-order valence-electron chi connectivity index (χ0n) is 15.8. The van der Waals surface area contributed by atoms with Crippen molar-refractivity contribution >= 4 is 25.1 Å². The Kier molecular flexibility index (Phi) is 5.89. The molecule has 2 nitrogen and oxygen atoms in total. The number of nitrogens with zero attached hydrogens (tertiary/aromatic N) is 1. The molecule has 1 saturated carbocycles. The van der Waals surface area contributed by atoms with Gasteiger partial charge in [-0.15, -0.1) is 0 Å². The molecule has 2 aliphatic rings. The SMILES string of the molecule is [B]C1(C(C)C)CCCCC2C(CCC(=S)N2C(C)C)C(C)(N)C1. The summed E-state index contributed by atoms with van der Waals surface area (Å²) in [7, 11) is 6.84. The third-order valence-corrected chi connectivity index (χ3v) is 6.85. The number of thiocarbonyl (C=S) groups is 1. The minimum Gasteiger partial charge on any atom is -0.360 e. The van der Waals surface area contributed by atoms with Gasteiger partial charge >= 0.3 is 0 Å². The van der Waals surface area contributed by atoms with Crippen LogP contribution in [0.5, 0.6) is 0 Å². The molecule has 0 aromatic rings. The fraction of sp³-hybridized carbons (Fsp3) is 0.947. The lowest BCUT2D eigenvalue weighted by Crippen LogP contribution is -2.60. The molecule has 0 spiro atoms. The minimum absolute atomic E-state index is 0.140. The van der Waals surface area contributed by atoms with Gasteiger partial charge in [-0.1, -0.05) is 50.6 Å². The van der Waals surface area contributed by atoms with Crippen LogP contribution in [-0.4, -0.2) is 35.4 Å². The Balaban J connectivity index is 2.35. The van der Waals surface area contributed by atoms with Crippen molar-refractivity contribution in [2.24, 2.45) is 17.6 Å². The average molecular weight is 334 g/mol. The van der Waals surface area contributed by atoms with E-state index in [0.29, 0.717) is 23.9 Å². The summed E-state index contributed by atoms with van der Waals surface area (Å²) >= 11 is 5.71. The van der Waals surface area contributed by atoms with E-state index in [9.17, 15) is 0 Å². The second-order valence-electron chi connectivity index (χ2n) is 8.92. The predicted octanol–water partition coefficient (Wildman–Crippen LogP) is 4.47. The maximum absolute atomic E-state index is 6.94. The molecule has 2 rings (SSSR count). The normalized spacial score (nSPS) is 39.8. The fourth-order valence-corrected chi connectivity index (χ4v) is 5.45. The highest BCUT2D eigenvalue weighted by Crippen LogP contribution is 2.49. The van der Waals surface area contributed by atoms with Crippen LogP contribution in [0.2, 0.25) is 5.31 Å². The molecule has 2 fully saturated rings. The molecule has 130 valence electrons. The van der Waals surface area contributed by atoms with Crippen molar-refractivity contribution < 1.29 is 0 Å². The van der Waals surface area contributed by atoms with E-state index in [1.165, 1.54) is 19.3 Å². The molecule has 1 heterocycles. The van der Waals surface area contributed by atoms with E-state index >= 15 is 0 Å². The number of fused-ring (bicyclic) bond motifs is 1. The van der Waals surface area contributed by atoms with Crippen molar-refractivity contribution in [1.82, 2.24) is 4.90 Å². The summed E-state index contributed by atoms with van der Waals surface area (Å²) < 4.78 is 0. The first kappa shape index (κ1) is 19.2. The van der Waals surface area contributed by atoms with Gasteiger partial charge in [0.1, 0.15) is 0 Å². The second kappa shape index (κ2) is 7.03. The Morgan fingerprint density at radius 2 is 1.87 bits per heavy atom. The molecular weight excluding hydrogens is 299 g/mol. The summed E-state index contributed by atoms with van der Waals surface area (Å²) in [4.78, 5) is 3.63. The summed E-state index contributed by atoms with van der Waals surface area (Å²) in [6.45, 7) is 11.3. The van der Waals surface area contributed by atoms with E-state index in [-0.39, 0.29) is 10.9 Å². The van der Waals surface area contributed by atoms with Crippen LogP contribution in [0.1, 0.15) is 79.6 Å². The summed E-state index contributed by atoms with van der Waals surface area (Å²) in [5.41, 5.74) is 6.72. The number of rotatable bonds is 2. The van der Waals surface area contributed by atoms with Gasteiger partial charge in [0.05, 0.1) is 12.8 Å². The number of hydrogen-bond donors (Lipinski definition) is 1. The number of nitrogens with two attached hydrogens (primary N) is 1. The van der Waals surface area contributed by atoms with Crippen LogP contribution in [0.25, 0.3) is 0 Å². The summed E-state index contributed by atoms with van der Waals surface area (Å²) in [5, 5.41) is -0.140. The lowest BCUT2D eigenvalue weighted by Gasteiger charge is -2.52. The average Bonchev–Trinajstić information content (AvgIpc) is 2.46. The van der Waals surface area contributed by atoms with Crippen molar-refractivity contribution in [3.05, 3.63) is 0 Å². The summed E-state index contributed by atoms with van der Waals surface area (Å²) in [6.07, 6.45) is 7.75. The standard InChI is InChI=1S/C19H35BN2S/c1-13(2)19(20)11-7-6-8-16-15(18(5,21)12-19)9-10-17(23)22(16)14(3)4/h13-16H,6-12,21H2,1-5H3. The zero-order valence-corrected chi connectivity index (χ0v) is 16.6. The highest BCUT2D eigenvalue weighted by molar-refractivity contribution is 7.80.